The summed E-state index contributed by atoms with van der Waals surface area (Å²) < 4.78 is 13.9. The van der Waals surface area contributed by atoms with Crippen molar-refractivity contribution in [3.63, 3.8) is 0 Å². The third kappa shape index (κ3) is 2.74. The number of alkyl halides is 1. The first-order valence-electron chi connectivity index (χ1n) is 6.35. The summed E-state index contributed by atoms with van der Waals surface area (Å²) in [4.78, 5) is 2.09. The van der Waals surface area contributed by atoms with Crippen LogP contribution in [0.1, 0.15) is 18.1 Å². The molecule has 0 saturated heterocycles. The van der Waals surface area contributed by atoms with Crippen molar-refractivity contribution in [2.45, 2.75) is 19.7 Å². The van der Waals surface area contributed by atoms with Crippen molar-refractivity contribution in [2.75, 3.05) is 11.4 Å². The molecule has 0 spiro atoms. The molecule has 0 amide bonds. The molecule has 19 heavy (non-hydrogen) atoms. The lowest BCUT2D eigenvalue weighted by molar-refractivity contribution is 0.616. The molecule has 0 saturated carbocycles. The monoisotopic (exact) mass is 277 g/mol. The lowest BCUT2D eigenvalue weighted by Gasteiger charge is -2.27. The van der Waals surface area contributed by atoms with Crippen molar-refractivity contribution in [3.8, 4) is 0 Å². The first-order valence-corrected chi connectivity index (χ1v) is 6.89. The molecule has 2 aromatic carbocycles. The topological polar surface area (TPSA) is 3.24 Å². The van der Waals surface area contributed by atoms with E-state index in [4.69, 9.17) is 11.6 Å². The zero-order chi connectivity index (χ0) is 13.8. The van der Waals surface area contributed by atoms with E-state index in [2.05, 4.69) is 24.8 Å². The highest BCUT2D eigenvalue weighted by molar-refractivity contribution is 6.17. The van der Waals surface area contributed by atoms with Crippen LogP contribution in [0.25, 0.3) is 0 Å². The van der Waals surface area contributed by atoms with Crippen molar-refractivity contribution in [1.29, 1.82) is 0 Å². The van der Waals surface area contributed by atoms with Crippen LogP contribution in [-0.2, 0) is 5.88 Å². The number of nitrogens with zero attached hydrogens (tertiary/aromatic N) is 1. The van der Waals surface area contributed by atoms with E-state index in [1.165, 1.54) is 6.07 Å². The molecule has 0 unspecified atom stereocenters. The summed E-state index contributed by atoms with van der Waals surface area (Å²) in [6.07, 6.45) is 0. The third-order valence-electron chi connectivity index (χ3n) is 3.24. The van der Waals surface area contributed by atoms with Crippen molar-refractivity contribution in [2.24, 2.45) is 0 Å². The minimum atomic E-state index is -0.250. The van der Waals surface area contributed by atoms with Crippen LogP contribution in [0.5, 0.6) is 0 Å². The number of rotatable bonds is 4. The number of hydrogen-bond donors (Lipinski definition) is 0. The molecule has 2 aromatic rings. The van der Waals surface area contributed by atoms with E-state index < -0.39 is 0 Å². The van der Waals surface area contributed by atoms with Gasteiger partial charge in [0, 0.05) is 23.5 Å². The van der Waals surface area contributed by atoms with Gasteiger partial charge >= 0.3 is 0 Å². The summed E-state index contributed by atoms with van der Waals surface area (Å²) in [6, 6.07) is 13.2. The zero-order valence-corrected chi connectivity index (χ0v) is 11.9. The number of para-hydroxylation sites is 1. The van der Waals surface area contributed by atoms with Gasteiger partial charge in [0.05, 0.1) is 5.88 Å². The third-order valence-corrected chi connectivity index (χ3v) is 3.51. The first-order chi connectivity index (χ1) is 9.19. The fourth-order valence-corrected chi connectivity index (χ4v) is 2.53. The van der Waals surface area contributed by atoms with E-state index in [0.717, 1.165) is 23.5 Å². The van der Waals surface area contributed by atoms with Crippen LogP contribution < -0.4 is 4.90 Å². The first kappa shape index (κ1) is 13.9. The van der Waals surface area contributed by atoms with Gasteiger partial charge < -0.3 is 4.90 Å². The lowest BCUT2D eigenvalue weighted by Crippen LogP contribution is -2.19. The van der Waals surface area contributed by atoms with Crippen LogP contribution in [0.4, 0.5) is 15.8 Å². The van der Waals surface area contributed by atoms with Crippen molar-refractivity contribution in [1.82, 2.24) is 0 Å². The molecule has 3 heteroatoms. The van der Waals surface area contributed by atoms with Gasteiger partial charge in [0.25, 0.3) is 0 Å². The maximum absolute atomic E-state index is 13.9. The molecule has 0 aromatic heterocycles. The Hall–Kier alpha value is -1.54. The Bertz CT molecular complexity index is 568. The fourth-order valence-electron chi connectivity index (χ4n) is 2.27. The van der Waals surface area contributed by atoms with Gasteiger partial charge in [-0.15, -0.1) is 11.6 Å². The zero-order valence-electron chi connectivity index (χ0n) is 11.2. The van der Waals surface area contributed by atoms with Gasteiger partial charge in [0.2, 0.25) is 0 Å². The molecule has 0 bridgehead atoms. The average molecular weight is 278 g/mol. The van der Waals surface area contributed by atoms with Crippen LogP contribution in [-0.4, -0.2) is 6.54 Å². The van der Waals surface area contributed by atoms with E-state index in [0.29, 0.717) is 5.56 Å². The highest BCUT2D eigenvalue weighted by Crippen LogP contribution is 2.32. The lowest BCUT2D eigenvalue weighted by atomic mass is 10.1. The summed E-state index contributed by atoms with van der Waals surface area (Å²) in [5.74, 6) is -0.0794. The van der Waals surface area contributed by atoms with Gasteiger partial charge in [-0.1, -0.05) is 24.3 Å². The normalized spacial score (nSPS) is 10.5. The molecule has 0 aliphatic rings. The molecule has 0 radical (unpaired) electrons. The number of anilines is 2. The highest BCUT2D eigenvalue weighted by atomic mass is 35.5. The number of hydrogen-bond acceptors (Lipinski definition) is 1. The van der Waals surface area contributed by atoms with Gasteiger partial charge in [0.1, 0.15) is 5.82 Å². The second kappa shape index (κ2) is 6.07. The summed E-state index contributed by atoms with van der Waals surface area (Å²) in [6.45, 7) is 4.87. The Labute approximate surface area is 118 Å². The molecule has 0 aliphatic heterocycles. The van der Waals surface area contributed by atoms with Crippen LogP contribution in [0, 0.1) is 12.7 Å². The highest BCUT2D eigenvalue weighted by Gasteiger charge is 2.15. The standard InChI is InChI=1S/C16H17ClFN/c1-3-19(15-9-5-4-7-12(15)2)16-10-6-8-14(18)13(16)11-17/h4-10H,3,11H2,1-2H3. The summed E-state index contributed by atoms with van der Waals surface area (Å²) in [5.41, 5.74) is 3.64. The van der Waals surface area contributed by atoms with E-state index in [9.17, 15) is 4.39 Å². The molecule has 0 aliphatic carbocycles. The van der Waals surface area contributed by atoms with Gasteiger partial charge in [-0.2, -0.15) is 0 Å². The Kier molecular flexibility index (Phi) is 4.43. The molecule has 0 fully saturated rings. The number of halogens is 2. The van der Waals surface area contributed by atoms with E-state index in [1.807, 2.05) is 24.3 Å². The molecule has 2 rings (SSSR count). The van der Waals surface area contributed by atoms with Gasteiger partial charge in [0.15, 0.2) is 0 Å². The summed E-state index contributed by atoms with van der Waals surface area (Å²) in [5, 5.41) is 0. The second-order valence-electron chi connectivity index (χ2n) is 4.40. The fraction of sp³-hybridized carbons (Fsp3) is 0.250. The SMILES string of the molecule is CCN(c1ccccc1C)c1cccc(F)c1CCl. The van der Waals surface area contributed by atoms with Gasteiger partial charge in [-0.05, 0) is 37.6 Å². The minimum Gasteiger partial charge on any atom is -0.341 e. The molecule has 0 atom stereocenters. The maximum atomic E-state index is 13.9. The summed E-state index contributed by atoms with van der Waals surface area (Å²) in [7, 11) is 0. The molecule has 100 valence electrons. The van der Waals surface area contributed by atoms with Crippen LogP contribution >= 0.6 is 11.6 Å². The van der Waals surface area contributed by atoms with Crippen LogP contribution in [0.2, 0.25) is 0 Å². The number of aryl methyl sites for hydroxylation is 1. The van der Waals surface area contributed by atoms with Crippen LogP contribution in [0.3, 0.4) is 0 Å². The van der Waals surface area contributed by atoms with E-state index in [1.54, 1.807) is 6.07 Å². The minimum absolute atomic E-state index is 0.171. The average Bonchev–Trinajstić information content (AvgIpc) is 2.42. The molecule has 1 nitrogen and oxygen atoms in total. The Morgan fingerprint density at radius 3 is 2.37 bits per heavy atom. The predicted molar refractivity (Wildman–Crippen MR) is 79.8 cm³/mol. The van der Waals surface area contributed by atoms with Gasteiger partial charge in [-0.3, -0.25) is 0 Å². The second-order valence-corrected chi connectivity index (χ2v) is 4.67. The molecular weight excluding hydrogens is 261 g/mol. The smallest absolute Gasteiger partial charge is 0.129 e. The van der Waals surface area contributed by atoms with E-state index in [-0.39, 0.29) is 11.7 Å². The van der Waals surface area contributed by atoms with Crippen LogP contribution in [0.15, 0.2) is 42.5 Å². The summed E-state index contributed by atoms with van der Waals surface area (Å²) >= 11 is 5.90. The largest absolute Gasteiger partial charge is 0.341 e. The number of benzene rings is 2. The Balaban J connectivity index is 2.55. The van der Waals surface area contributed by atoms with E-state index >= 15 is 0 Å². The van der Waals surface area contributed by atoms with Crippen molar-refractivity contribution >= 4 is 23.0 Å². The molecular formula is C16H17ClFN. The van der Waals surface area contributed by atoms with Crippen molar-refractivity contribution in [3.05, 3.63) is 59.4 Å². The molecule has 0 heterocycles. The Morgan fingerprint density at radius 2 is 1.74 bits per heavy atom. The Morgan fingerprint density at radius 1 is 1.05 bits per heavy atom. The quantitative estimate of drug-likeness (QED) is 0.709. The maximum Gasteiger partial charge on any atom is 0.129 e. The van der Waals surface area contributed by atoms with Crippen molar-refractivity contribution < 1.29 is 4.39 Å². The predicted octanol–water partition coefficient (Wildman–Crippen LogP) is 5.03. The molecule has 0 N–H and O–H groups in total. The van der Waals surface area contributed by atoms with Gasteiger partial charge in [-0.25, -0.2) is 4.39 Å².